The summed E-state index contributed by atoms with van der Waals surface area (Å²) in [4.78, 5) is 4.46. The average Bonchev–Trinajstić information content (AvgIpc) is 2.93. The first-order valence-electron chi connectivity index (χ1n) is 8.44. The zero-order valence-corrected chi connectivity index (χ0v) is 14.8. The highest BCUT2D eigenvalue weighted by atomic mass is 16.5. The second-order valence-electron chi connectivity index (χ2n) is 6.36. The minimum atomic E-state index is 0.403. The Bertz CT molecular complexity index is 921. The summed E-state index contributed by atoms with van der Waals surface area (Å²) < 4.78 is 8.05. The molecule has 0 saturated carbocycles. The highest BCUT2D eigenvalue weighted by molar-refractivity contribution is 5.78. The van der Waals surface area contributed by atoms with Crippen LogP contribution >= 0.6 is 0 Å². The van der Waals surface area contributed by atoms with Gasteiger partial charge < -0.3 is 9.30 Å². The van der Waals surface area contributed by atoms with Gasteiger partial charge in [0.2, 0.25) is 5.95 Å². The van der Waals surface area contributed by atoms with E-state index < -0.39 is 0 Å². The number of aryl methyl sites for hydroxylation is 1. The van der Waals surface area contributed by atoms with Gasteiger partial charge in [-0.05, 0) is 42.2 Å². The monoisotopic (exact) mass is 334 g/mol. The number of anilines is 1. The number of benzene rings is 2. The second kappa shape index (κ2) is 7.27. The molecule has 0 aliphatic rings. The molecule has 0 spiro atoms. The van der Waals surface area contributed by atoms with Crippen LogP contribution in [0.3, 0.4) is 0 Å². The maximum Gasteiger partial charge on any atom is 0.217 e. The number of nitrogens with one attached hydrogen (secondary N) is 1. The SMILES string of the molecule is Cc1ccc(C(C)C)c(OCCn2c(NC#N)nc3ccccc32)c1. The molecule has 5 heteroatoms. The molecule has 3 aromatic rings. The van der Waals surface area contributed by atoms with E-state index in [9.17, 15) is 0 Å². The van der Waals surface area contributed by atoms with E-state index in [0.29, 0.717) is 25.0 Å². The van der Waals surface area contributed by atoms with Crippen LogP contribution in [0, 0.1) is 18.4 Å². The number of imidazole rings is 1. The van der Waals surface area contributed by atoms with Gasteiger partial charge in [-0.1, -0.05) is 38.1 Å². The lowest BCUT2D eigenvalue weighted by Crippen LogP contribution is -2.11. The lowest BCUT2D eigenvalue weighted by Gasteiger charge is -2.15. The van der Waals surface area contributed by atoms with E-state index >= 15 is 0 Å². The average molecular weight is 334 g/mol. The Labute approximate surface area is 147 Å². The van der Waals surface area contributed by atoms with Crippen LogP contribution in [0.4, 0.5) is 5.95 Å². The van der Waals surface area contributed by atoms with Gasteiger partial charge in [0.1, 0.15) is 12.4 Å². The summed E-state index contributed by atoms with van der Waals surface area (Å²) in [5.41, 5.74) is 4.23. The third-order valence-electron chi connectivity index (χ3n) is 4.19. The maximum atomic E-state index is 8.96. The fraction of sp³-hybridized carbons (Fsp3) is 0.300. The van der Waals surface area contributed by atoms with Gasteiger partial charge in [-0.25, -0.2) is 4.98 Å². The normalized spacial score (nSPS) is 10.8. The molecule has 128 valence electrons. The molecule has 0 saturated heterocycles. The molecule has 1 N–H and O–H groups in total. The van der Waals surface area contributed by atoms with Crippen LogP contribution in [0.25, 0.3) is 11.0 Å². The maximum absolute atomic E-state index is 8.96. The van der Waals surface area contributed by atoms with Crippen molar-refractivity contribution in [1.29, 1.82) is 5.26 Å². The Morgan fingerprint density at radius 3 is 2.80 bits per heavy atom. The number of aromatic nitrogens is 2. The predicted molar refractivity (Wildman–Crippen MR) is 99.7 cm³/mol. The van der Waals surface area contributed by atoms with Gasteiger partial charge in [-0.2, -0.15) is 5.26 Å². The molecule has 0 aliphatic carbocycles. The lowest BCUT2D eigenvalue weighted by molar-refractivity contribution is 0.297. The Kier molecular flexibility index (Phi) is 4.90. The second-order valence-corrected chi connectivity index (χ2v) is 6.36. The van der Waals surface area contributed by atoms with Crippen LogP contribution in [0.15, 0.2) is 42.5 Å². The molecule has 1 aromatic heterocycles. The van der Waals surface area contributed by atoms with Gasteiger partial charge in [0, 0.05) is 0 Å². The Morgan fingerprint density at radius 2 is 2.04 bits per heavy atom. The van der Waals surface area contributed by atoms with E-state index in [1.807, 2.05) is 35.0 Å². The van der Waals surface area contributed by atoms with Crippen LogP contribution in [0.2, 0.25) is 0 Å². The Hall–Kier alpha value is -3.00. The number of ether oxygens (including phenoxy) is 1. The molecular formula is C20H22N4O. The minimum absolute atomic E-state index is 0.403. The van der Waals surface area contributed by atoms with Crippen molar-refractivity contribution < 1.29 is 4.74 Å². The van der Waals surface area contributed by atoms with E-state index in [-0.39, 0.29) is 0 Å². The summed E-state index contributed by atoms with van der Waals surface area (Å²) in [7, 11) is 0. The van der Waals surface area contributed by atoms with Crippen molar-refractivity contribution >= 4 is 17.0 Å². The molecule has 2 aromatic carbocycles. The molecule has 0 atom stereocenters. The molecule has 25 heavy (non-hydrogen) atoms. The number of hydrogen-bond acceptors (Lipinski definition) is 4. The predicted octanol–water partition coefficient (Wildman–Crippen LogP) is 4.44. The van der Waals surface area contributed by atoms with Gasteiger partial charge in [-0.3, -0.25) is 5.32 Å². The van der Waals surface area contributed by atoms with Crippen LogP contribution in [-0.2, 0) is 6.54 Å². The van der Waals surface area contributed by atoms with E-state index in [4.69, 9.17) is 10.00 Å². The van der Waals surface area contributed by atoms with E-state index in [1.165, 1.54) is 11.1 Å². The number of hydrogen-bond donors (Lipinski definition) is 1. The number of fused-ring (bicyclic) bond motifs is 1. The van der Waals surface area contributed by atoms with E-state index in [1.54, 1.807) is 0 Å². The summed E-state index contributed by atoms with van der Waals surface area (Å²) in [5.74, 6) is 1.87. The summed E-state index contributed by atoms with van der Waals surface area (Å²) in [5, 5.41) is 11.6. The molecular weight excluding hydrogens is 312 g/mol. The molecule has 0 radical (unpaired) electrons. The standard InChI is InChI=1S/C20H22N4O/c1-14(2)16-9-8-15(3)12-19(16)25-11-10-24-18-7-5-4-6-17(18)23-20(24)22-13-21/h4-9,12,14H,10-11H2,1-3H3,(H,22,23). The summed E-state index contributed by atoms with van der Waals surface area (Å²) in [6.45, 7) is 7.50. The van der Waals surface area contributed by atoms with Crippen LogP contribution in [0.1, 0.15) is 30.9 Å². The quantitative estimate of drug-likeness (QED) is 0.535. The highest BCUT2D eigenvalue weighted by Crippen LogP contribution is 2.28. The van der Waals surface area contributed by atoms with Crippen molar-refractivity contribution in [2.75, 3.05) is 11.9 Å². The number of nitrogens with zero attached hydrogens (tertiary/aromatic N) is 3. The lowest BCUT2D eigenvalue weighted by atomic mass is 10.0. The zero-order valence-electron chi connectivity index (χ0n) is 14.8. The molecule has 0 aliphatic heterocycles. The molecule has 1 heterocycles. The fourth-order valence-electron chi connectivity index (χ4n) is 2.94. The third kappa shape index (κ3) is 3.58. The summed E-state index contributed by atoms with van der Waals surface area (Å²) in [6.07, 6.45) is 1.95. The van der Waals surface area contributed by atoms with Gasteiger partial charge in [0.15, 0.2) is 6.19 Å². The molecule has 0 unspecified atom stereocenters. The largest absolute Gasteiger partial charge is 0.491 e. The molecule has 0 amide bonds. The minimum Gasteiger partial charge on any atom is -0.491 e. The summed E-state index contributed by atoms with van der Waals surface area (Å²) >= 11 is 0. The molecule has 5 nitrogen and oxygen atoms in total. The van der Waals surface area contributed by atoms with Gasteiger partial charge >= 0.3 is 0 Å². The van der Waals surface area contributed by atoms with Gasteiger partial charge in [-0.15, -0.1) is 0 Å². The smallest absolute Gasteiger partial charge is 0.217 e. The number of nitriles is 1. The topological polar surface area (TPSA) is 62.9 Å². The highest BCUT2D eigenvalue weighted by Gasteiger charge is 2.11. The number of rotatable bonds is 6. The zero-order chi connectivity index (χ0) is 17.8. The first-order chi connectivity index (χ1) is 12.1. The molecule has 3 rings (SSSR count). The van der Waals surface area contributed by atoms with Crippen molar-refractivity contribution in [2.45, 2.75) is 33.2 Å². The van der Waals surface area contributed by atoms with Crippen molar-refractivity contribution in [3.63, 3.8) is 0 Å². The van der Waals surface area contributed by atoms with Crippen molar-refractivity contribution in [3.8, 4) is 11.9 Å². The van der Waals surface area contributed by atoms with Crippen LogP contribution < -0.4 is 10.1 Å². The van der Waals surface area contributed by atoms with Crippen molar-refractivity contribution in [2.24, 2.45) is 0 Å². The van der Waals surface area contributed by atoms with Crippen LogP contribution in [0.5, 0.6) is 5.75 Å². The Balaban J connectivity index is 1.81. The first kappa shape index (κ1) is 16.8. The van der Waals surface area contributed by atoms with Crippen molar-refractivity contribution in [1.82, 2.24) is 9.55 Å². The summed E-state index contributed by atoms with van der Waals surface area (Å²) in [6, 6.07) is 14.2. The van der Waals surface area contributed by atoms with E-state index in [2.05, 4.69) is 49.3 Å². The van der Waals surface area contributed by atoms with Crippen molar-refractivity contribution in [3.05, 3.63) is 53.6 Å². The number of para-hydroxylation sites is 2. The van der Waals surface area contributed by atoms with Gasteiger partial charge in [0.25, 0.3) is 0 Å². The third-order valence-corrected chi connectivity index (χ3v) is 4.19. The molecule has 0 bridgehead atoms. The Morgan fingerprint density at radius 1 is 1.24 bits per heavy atom. The molecule has 0 fully saturated rings. The van der Waals surface area contributed by atoms with Crippen LogP contribution in [-0.4, -0.2) is 16.2 Å². The van der Waals surface area contributed by atoms with Gasteiger partial charge in [0.05, 0.1) is 17.6 Å². The van der Waals surface area contributed by atoms with E-state index in [0.717, 1.165) is 16.8 Å². The fourth-order valence-corrected chi connectivity index (χ4v) is 2.94. The first-order valence-corrected chi connectivity index (χ1v) is 8.44.